The number of aromatic amines is 1. The summed E-state index contributed by atoms with van der Waals surface area (Å²) < 4.78 is 0. The lowest BCUT2D eigenvalue weighted by atomic mass is 9.94. The van der Waals surface area contributed by atoms with Crippen LogP contribution in [-0.4, -0.2) is 41.8 Å². The summed E-state index contributed by atoms with van der Waals surface area (Å²) in [6.45, 7) is 8.76. The molecule has 2 rings (SSSR count). The van der Waals surface area contributed by atoms with Gasteiger partial charge in [-0.1, -0.05) is 0 Å². The molecule has 4 nitrogen and oxygen atoms in total. The van der Waals surface area contributed by atoms with Gasteiger partial charge in [0.2, 0.25) is 0 Å². The molecule has 0 radical (unpaired) electrons. The average Bonchev–Trinajstić information content (AvgIpc) is 2.68. The number of aryl methyl sites for hydroxylation is 2. The van der Waals surface area contributed by atoms with Crippen LogP contribution in [0.15, 0.2) is 0 Å². The Labute approximate surface area is 110 Å². The summed E-state index contributed by atoms with van der Waals surface area (Å²) in [4.78, 5) is 2.43. The molecule has 102 valence electrons. The Hall–Kier alpha value is -0.870. The van der Waals surface area contributed by atoms with Crippen molar-refractivity contribution in [1.82, 2.24) is 20.4 Å². The molecule has 1 saturated heterocycles. The van der Waals surface area contributed by atoms with Crippen molar-refractivity contribution < 1.29 is 0 Å². The highest BCUT2D eigenvalue weighted by molar-refractivity contribution is 5.22. The van der Waals surface area contributed by atoms with Gasteiger partial charge in [-0.25, -0.2) is 0 Å². The molecule has 1 aromatic rings. The minimum atomic E-state index is 0.917. The molecule has 0 bridgehead atoms. The van der Waals surface area contributed by atoms with Crippen LogP contribution < -0.4 is 5.32 Å². The van der Waals surface area contributed by atoms with Crippen LogP contribution in [0.2, 0.25) is 0 Å². The average molecular weight is 250 g/mol. The third-order valence-corrected chi connectivity index (χ3v) is 4.15. The Morgan fingerprint density at radius 2 is 2.06 bits per heavy atom. The summed E-state index contributed by atoms with van der Waals surface area (Å²) in [6.07, 6.45) is 4.04. The highest BCUT2D eigenvalue weighted by atomic mass is 15.1. The van der Waals surface area contributed by atoms with E-state index in [1.54, 1.807) is 0 Å². The molecule has 0 aliphatic carbocycles. The number of H-pyrrole nitrogens is 1. The van der Waals surface area contributed by atoms with E-state index in [1.165, 1.54) is 43.6 Å². The van der Waals surface area contributed by atoms with Crippen molar-refractivity contribution >= 4 is 0 Å². The molecule has 1 aromatic heterocycles. The quantitative estimate of drug-likeness (QED) is 0.784. The standard InChI is InChI=1S/C14H26N4/c1-11-14(12(2)17-16-11)10-15-7-4-13-5-8-18(3)9-6-13/h13,15H,4-10H2,1-3H3,(H,16,17). The third-order valence-electron chi connectivity index (χ3n) is 4.15. The number of hydrogen-bond donors (Lipinski definition) is 2. The zero-order valence-corrected chi connectivity index (χ0v) is 11.9. The van der Waals surface area contributed by atoms with Crippen LogP contribution >= 0.6 is 0 Å². The first-order valence-electron chi connectivity index (χ1n) is 7.06. The molecular formula is C14H26N4. The van der Waals surface area contributed by atoms with E-state index in [-0.39, 0.29) is 0 Å². The molecule has 0 aromatic carbocycles. The van der Waals surface area contributed by atoms with E-state index in [0.717, 1.165) is 24.7 Å². The number of hydrogen-bond acceptors (Lipinski definition) is 3. The van der Waals surface area contributed by atoms with E-state index >= 15 is 0 Å². The molecular weight excluding hydrogens is 224 g/mol. The lowest BCUT2D eigenvalue weighted by Gasteiger charge is -2.28. The number of nitrogens with one attached hydrogen (secondary N) is 2. The monoisotopic (exact) mass is 250 g/mol. The van der Waals surface area contributed by atoms with Gasteiger partial charge < -0.3 is 10.2 Å². The topological polar surface area (TPSA) is 44.0 Å². The van der Waals surface area contributed by atoms with Crippen molar-refractivity contribution in [2.75, 3.05) is 26.7 Å². The molecule has 0 spiro atoms. The zero-order chi connectivity index (χ0) is 13.0. The van der Waals surface area contributed by atoms with Crippen LogP contribution in [0.5, 0.6) is 0 Å². The molecule has 2 N–H and O–H groups in total. The van der Waals surface area contributed by atoms with Gasteiger partial charge in [0.25, 0.3) is 0 Å². The van der Waals surface area contributed by atoms with Crippen molar-refractivity contribution in [1.29, 1.82) is 0 Å². The Bertz CT molecular complexity index is 344. The number of nitrogens with zero attached hydrogens (tertiary/aromatic N) is 2. The van der Waals surface area contributed by atoms with Crippen LogP contribution in [0, 0.1) is 19.8 Å². The SMILES string of the molecule is Cc1n[nH]c(C)c1CNCCC1CCN(C)CC1. The number of aromatic nitrogens is 2. The molecule has 18 heavy (non-hydrogen) atoms. The van der Waals surface area contributed by atoms with Gasteiger partial charge in [-0.2, -0.15) is 5.10 Å². The van der Waals surface area contributed by atoms with Crippen molar-refractivity contribution in [3.63, 3.8) is 0 Å². The molecule has 0 amide bonds. The van der Waals surface area contributed by atoms with Crippen molar-refractivity contribution in [3.8, 4) is 0 Å². The highest BCUT2D eigenvalue weighted by Crippen LogP contribution is 2.18. The maximum absolute atomic E-state index is 4.22. The first-order chi connectivity index (χ1) is 8.66. The maximum atomic E-state index is 4.22. The Morgan fingerprint density at radius 1 is 1.33 bits per heavy atom. The van der Waals surface area contributed by atoms with Crippen LogP contribution in [0.25, 0.3) is 0 Å². The van der Waals surface area contributed by atoms with Crippen molar-refractivity contribution in [2.24, 2.45) is 5.92 Å². The van der Waals surface area contributed by atoms with E-state index in [0.29, 0.717) is 0 Å². The predicted octanol–water partition coefficient (Wildman–Crippen LogP) is 1.85. The highest BCUT2D eigenvalue weighted by Gasteiger charge is 2.16. The fraction of sp³-hybridized carbons (Fsp3) is 0.786. The lowest BCUT2D eigenvalue weighted by molar-refractivity contribution is 0.211. The van der Waals surface area contributed by atoms with E-state index < -0.39 is 0 Å². The van der Waals surface area contributed by atoms with Crippen molar-refractivity contribution in [2.45, 2.75) is 39.7 Å². The summed E-state index contributed by atoms with van der Waals surface area (Å²) in [5.74, 6) is 0.917. The smallest absolute Gasteiger partial charge is 0.0638 e. The van der Waals surface area contributed by atoms with Crippen LogP contribution in [0.4, 0.5) is 0 Å². The van der Waals surface area contributed by atoms with Gasteiger partial charge in [0, 0.05) is 17.8 Å². The number of rotatable bonds is 5. The van der Waals surface area contributed by atoms with Gasteiger partial charge in [-0.15, -0.1) is 0 Å². The van der Waals surface area contributed by atoms with Gasteiger partial charge in [0.15, 0.2) is 0 Å². The third kappa shape index (κ3) is 3.56. The van der Waals surface area contributed by atoms with Gasteiger partial charge in [0.05, 0.1) is 5.69 Å². The largest absolute Gasteiger partial charge is 0.313 e. The summed E-state index contributed by atoms with van der Waals surface area (Å²) >= 11 is 0. The van der Waals surface area contributed by atoms with E-state index in [2.05, 4.69) is 41.3 Å². The first kappa shape index (κ1) is 13.6. The Kier molecular flexibility index (Phi) is 4.78. The van der Waals surface area contributed by atoms with Crippen LogP contribution in [0.1, 0.15) is 36.2 Å². The van der Waals surface area contributed by atoms with Crippen LogP contribution in [-0.2, 0) is 6.54 Å². The van der Waals surface area contributed by atoms with Gasteiger partial charge in [0.1, 0.15) is 0 Å². The number of likely N-dealkylation sites (tertiary alicyclic amines) is 1. The fourth-order valence-electron chi connectivity index (χ4n) is 2.70. The summed E-state index contributed by atoms with van der Waals surface area (Å²) in [5, 5.41) is 10.8. The summed E-state index contributed by atoms with van der Waals surface area (Å²) in [7, 11) is 2.22. The molecule has 0 unspecified atom stereocenters. The molecule has 4 heteroatoms. The maximum Gasteiger partial charge on any atom is 0.0638 e. The molecule has 0 atom stereocenters. The minimum absolute atomic E-state index is 0.917. The second-order valence-corrected chi connectivity index (χ2v) is 5.62. The first-order valence-corrected chi connectivity index (χ1v) is 7.06. The molecule has 1 aliphatic heterocycles. The second-order valence-electron chi connectivity index (χ2n) is 5.62. The summed E-state index contributed by atoms with van der Waals surface area (Å²) in [6, 6.07) is 0. The van der Waals surface area contributed by atoms with Gasteiger partial charge in [-0.05, 0) is 65.7 Å². The second kappa shape index (κ2) is 6.34. The molecule has 1 fully saturated rings. The number of piperidine rings is 1. The Morgan fingerprint density at radius 3 is 2.67 bits per heavy atom. The van der Waals surface area contributed by atoms with Crippen LogP contribution in [0.3, 0.4) is 0 Å². The lowest BCUT2D eigenvalue weighted by Crippen LogP contribution is -2.31. The zero-order valence-electron chi connectivity index (χ0n) is 11.9. The van der Waals surface area contributed by atoms with Crippen molar-refractivity contribution in [3.05, 3.63) is 17.0 Å². The van der Waals surface area contributed by atoms with E-state index in [9.17, 15) is 0 Å². The molecule has 2 heterocycles. The fourth-order valence-corrected chi connectivity index (χ4v) is 2.70. The van der Waals surface area contributed by atoms with Gasteiger partial charge >= 0.3 is 0 Å². The predicted molar refractivity (Wildman–Crippen MR) is 74.6 cm³/mol. The minimum Gasteiger partial charge on any atom is -0.313 e. The molecule has 0 saturated carbocycles. The summed E-state index contributed by atoms with van der Waals surface area (Å²) in [5.41, 5.74) is 3.65. The molecule has 1 aliphatic rings. The normalized spacial score (nSPS) is 18.4. The van der Waals surface area contributed by atoms with E-state index in [1.807, 2.05) is 0 Å². The van der Waals surface area contributed by atoms with Gasteiger partial charge in [-0.3, -0.25) is 5.10 Å². The Balaban J connectivity index is 1.64. The van der Waals surface area contributed by atoms with E-state index in [4.69, 9.17) is 0 Å².